The van der Waals surface area contributed by atoms with E-state index in [4.69, 9.17) is 19.3 Å². The number of aryl methyl sites for hydroxylation is 1. The summed E-state index contributed by atoms with van der Waals surface area (Å²) in [5.41, 5.74) is 4.12. The van der Waals surface area contributed by atoms with E-state index in [2.05, 4.69) is 49.8 Å². The maximum atomic E-state index is 11.4. The van der Waals surface area contributed by atoms with E-state index in [1.807, 2.05) is 11.6 Å². The third kappa shape index (κ3) is 6.81. The number of aliphatic hydroxyl groups is 3. The van der Waals surface area contributed by atoms with E-state index in [0.717, 1.165) is 49.6 Å². The van der Waals surface area contributed by atoms with E-state index in [1.54, 1.807) is 0 Å². The second kappa shape index (κ2) is 13.2. The van der Waals surface area contributed by atoms with Crippen molar-refractivity contribution >= 4 is 6.16 Å². The Hall–Kier alpha value is -2.66. The molecule has 1 aromatic heterocycles. The number of methoxy groups -OCH3 is 1. The van der Waals surface area contributed by atoms with Crippen molar-refractivity contribution in [3.05, 3.63) is 46.6 Å². The van der Waals surface area contributed by atoms with Gasteiger partial charge in [0.25, 0.3) is 0 Å². The molecule has 37 heavy (non-hydrogen) atoms. The third-order valence-corrected chi connectivity index (χ3v) is 6.92. The second-order valence-electron chi connectivity index (χ2n) is 9.41. The van der Waals surface area contributed by atoms with E-state index < -0.39 is 43.5 Å². The first-order valence-electron chi connectivity index (χ1n) is 13.0. The standard InChI is InChI=1S/C27H40N2O8/c1-6-9-19(8-3)29-16(4)20(14-18-12-10-17(7-2)11-13-18)25(28-29)37-26-24(32)23(31)22(30)21(36-26)15-35-27(33)34-5/h10-13,19,21-24,26,30-32H,6-9,14-15H2,1-5H3/t19?,21-,22-,23+,24-,26+/m1/s1. The van der Waals surface area contributed by atoms with Crippen molar-refractivity contribution in [2.45, 2.75) is 96.5 Å². The predicted molar refractivity (Wildman–Crippen MR) is 135 cm³/mol. The zero-order chi connectivity index (χ0) is 27.1. The normalized spacial score (nSPS) is 24.5. The number of aliphatic hydroxyl groups excluding tert-OH is 3. The van der Waals surface area contributed by atoms with Crippen molar-refractivity contribution in [1.82, 2.24) is 9.78 Å². The molecule has 10 heteroatoms. The van der Waals surface area contributed by atoms with Crippen molar-refractivity contribution in [1.29, 1.82) is 0 Å². The molecule has 0 amide bonds. The summed E-state index contributed by atoms with van der Waals surface area (Å²) in [5.74, 6) is 0.284. The molecule has 0 aliphatic carbocycles. The molecular weight excluding hydrogens is 480 g/mol. The molecule has 1 fully saturated rings. The average molecular weight is 521 g/mol. The smallest absolute Gasteiger partial charge is 0.443 e. The first-order valence-corrected chi connectivity index (χ1v) is 13.0. The molecule has 1 aliphatic rings. The molecule has 1 saturated heterocycles. The van der Waals surface area contributed by atoms with Crippen LogP contribution in [0.4, 0.5) is 4.79 Å². The Labute approximate surface area is 218 Å². The van der Waals surface area contributed by atoms with Crippen molar-refractivity contribution in [3.8, 4) is 5.88 Å². The van der Waals surface area contributed by atoms with Gasteiger partial charge in [-0.05, 0) is 37.3 Å². The summed E-state index contributed by atoms with van der Waals surface area (Å²) in [7, 11) is 1.16. The lowest BCUT2D eigenvalue weighted by atomic mass is 9.99. The van der Waals surface area contributed by atoms with Gasteiger partial charge in [-0.2, -0.15) is 0 Å². The van der Waals surface area contributed by atoms with Crippen molar-refractivity contribution in [2.75, 3.05) is 13.7 Å². The molecule has 2 aromatic rings. The number of carbonyl (C=O) groups is 1. The lowest BCUT2D eigenvalue weighted by molar-refractivity contribution is -0.278. The first-order chi connectivity index (χ1) is 17.7. The summed E-state index contributed by atoms with van der Waals surface area (Å²) in [6.45, 7) is 7.96. The predicted octanol–water partition coefficient (Wildman–Crippen LogP) is 3.07. The van der Waals surface area contributed by atoms with Crippen LogP contribution in [0, 0.1) is 6.92 Å². The van der Waals surface area contributed by atoms with Gasteiger partial charge in [0.1, 0.15) is 31.0 Å². The van der Waals surface area contributed by atoms with Gasteiger partial charge in [-0.25, -0.2) is 4.79 Å². The van der Waals surface area contributed by atoms with Gasteiger partial charge >= 0.3 is 6.16 Å². The fraction of sp³-hybridized carbons (Fsp3) is 0.630. The Kier molecular flexibility index (Phi) is 10.3. The zero-order valence-electron chi connectivity index (χ0n) is 22.3. The number of carbonyl (C=O) groups excluding carboxylic acids is 1. The van der Waals surface area contributed by atoms with Crippen molar-refractivity contribution < 1.29 is 39.1 Å². The van der Waals surface area contributed by atoms with Crippen LogP contribution in [0.25, 0.3) is 0 Å². The van der Waals surface area contributed by atoms with E-state index in [9.17, 15) is 20.1 Å². The number of hydrogen-bond donors (Lipinski definition) is 3. The summed E-state index contributed by atoms with van der Waals surface area (Å²) in [6.07, 6.45) is -3.73. The molecule has 0 radical (unpaired) electrons. The number of nitrogens with zero attached hydrogens (tertiary/aromatic N) is 2. The SMILES string of the molecule is CCCC(CC)n1nc(O[C@@H]2O[C@H](COC(=O)OC)[C@@H](O)[C@H](O)[C@H]2O)c(Cc2ccc(CC)cc2)c1C. The Morgan fingerprint density at radius 3 is 2.35 bits per heavy atom. The molecule has 206 valence electrons. The Morgan fingerprint density at radius 2 is 1.76 bits per heavy atom. The van der Waals surface area contributed by atoms with Crippen LogP contribution < -0.4 is 4.74 Å². The molecule has 0 spiro atoms. The number of hydrogen-bond acceptors (Lipinski definition) is 9. The van der Waals surface area contributed by atoms with E-state index in [-0.39, 0.29) is 11.9 Å². The first kappa shape index (κ1) is 28.9. The van der Waals surface area contributed by atoms with E-state index >= 15 is 0 Å². The summed E-state index contributed by atoms with van der Waals surface area (Å²) in [4.78, 5) is 11.4. The van der Waals surface area contributed by atoms with Gasteiger partial charge in [-0.15, -0.1) is 5.10 Å². The fourth-order valence-corrected chi connectivity index (χ4v) is 4.58. The molecule has 1 aromatic carbocycles. The minimum Gasteiger partial charge on any atom is -0.443 e. The summed E-state index contributed by atoms with van der Waals surface area (Å²) >= 11 is 0. The van der Waals surface area contributed by atoms with Gasteiger partial charge < -0.3 is 34.3 Å². The van der Waals surface area contributed by atoms with Gasteiger partial charge in [0.2, 0.25) is 12.2 Å². The monoisotopic (exact) mass is 520 g/mol. The highest BCUT2D eigenvalue weighted by atomic mass is 16.7. The van der Waals surface area contributed by atoms with Gasteiger partial charge in [0.05, 0.1) is 13.2 Å². The molecule has 0 saturated carbocycles. The Balaban J connectivity index is 1.91. The molecule has 10 nitrogen and oxygen atoms in total. The molecule has 1 aliphatic heterocycles. The van der Waals surface area contributed by atoms with Crippen LogP contribution in [-0.4, -0.2) is 75.7 Å². The topological polar surface area (TPSA) is 132 Å². The quantitative estimate of drug-likeness (QED) is 0.382. The molecule has 6 atom stereocenters. The van der Waals surface area contributed by atoms with Crippen LogP contribution in [0.3, 0.4) is 0 Å². The number of rotatable bonds is 11. The Morgan fingerprint density at radius 1 is 1.08 bits per heavy atom. The van der Waals surface area contributed by atoms with E-state index in [1.165, 1.54) is 5.56 Å². The molecule has 3 rings (SSSR count). The summed E-state index contributed by atoms with van der Waals surface area (Å²) in [5, 5.41) is 36.2. The van der Waals surface area contributed by atoms with Crippen LogP contribution in [0.15, 0.2) is 24.3 Å². The minimum absolute atomic E-state index is 0.175. The van der Waals surface area contributed by atoms with Crippen molar-refractivity contribution in [2.24, 2.45) is 0 Å². The summed E-state index contributed by atoms with van der Waals surface area (Å²) < 4.78 is 23.1. The molecule has 0 bridgehead atoms. The highest BCUT2D eigenvalue weighted by Crippen LogP contribution is 2.32. The number of benzene rings is 1. The highest BCUT2D eigenvalue weighted by molar-refractivity contribution is 5.59. The molecule has 2 heterocycles. The Bertz CT molecular complexity index is 1010. The fourth-order valence-electron chi connectivity index (χ4n) is 4.58. The van der Waals surface area contributed by atoms with Crippen LogP contribution >= 0.6 is 0 Å². The lowest BCUT2D eigenvalue weighted by Crippen LogP contribution is -2.60. The van der Waals surface area contributed by atoms with Crippen LogP contribution in [-0.2, 0) is 27.1 Å². The zero-order valence-corrected chi connectivity index (χ0v) is 22.3. The largest absolute Gasteiger partial charge is 0.508 e. The number of ether oxygens (including phenoxy) is 4. The van der Waals surface area contributed by atoms with Gasteiger partial charge in [0.15, 0.2) is 0 Å². The highest BCUT2D eigenvalue weighted by Gasteiger charge is 2.46. The number of aromatic nitrogens is 2. The van der Waals surface area contributed by atoms with Crippen molar-refractivity contribution in [3.63, 3.8) is 0 Å². The van der Waals surface area contributed by atoms with Gasteiger partial charge in [-0.3, -0.25) is 4.68 Å². The van der Waals surface area contributed by atoms with Crippen LogP contribution in [0.5, 0.6) is 5.88 Å². The lowest BCUT2D eigenvalue weighted by Gasteiger charge is -2.39. The van der Waals surface area contributed by atoms with E-state index in [0.29, 0.717) is 6.42 Å². The van der Waals surface area contributed by atoms with Crippen LogP contribution in [0.2, 0.25) is 0 Å². The second-order valence-corrected chi connectivity index (χ2v) is 9.41. The summed E-state index contributed by atoms with van der Waals surface area (Å²) in [6, 6.07) is 8.52. The minimum atomic E-state index is -1.58. The van der Waals surface area contributed by atoms with Crippen LogP contribution in [0.1, 0.15) is 68.5 Å². The van der Waals surface area contributed by atoms with Gasteiger partial charge in [0, 0.05) is 17.7 Å². The van der Waals surface area contributed by atoms with Gasteiger partial charge in [-0.1, -0.05) is 51.5 Å². The molecule has 1 unspecified atom stereocenters. The molecule has 3 N–H and O–H groups in total. The average Bonchev–Trinajstić information content (AvgIpc) is 3.21. The maximum absolute atomic E-state index is 11.4. The maximum Gasteiger partial charge on any atom is 0.508 e. The molecular formula is C27H40N2O8. The third-order valence-electron chi connectivity index (χ3n) is 6.92.